The van der Waals surface area contributed by atoms with Crippen LogP contribution in [-0.2, 0) is 22.4 Å². The summed E-state index contributed by atoms with van der Waals surface area (Å²) in [5, 5.41) is 12.9. The summed E-state index contributed by atoms with van der Waals surface area (Å²) in [6, 6.07) is 7.22. The average molecular weight is 483 g/mol. The zero-order valence-electron chi connectivity index (χ0n) is 19.9. The number of benzene rings is 1. The van der Waals surface area contributed by atoms with E-state index in [2.05, 4.69) is 12.2 Å². The number of ether oxygens (including phenoxy) is 3. The van der Waals surface area contributed by atoms with E-state index in [1.807, 2.05) is 6.07 Å². The third-order valence-electron chi connectivity index (χ3n) is 5.50. The summed E-state index contributed by atoms with van der Waals surface area (Å²) >= 11 is 1.39. The highest BCUT2D eigenvalue weighted by atomic mass is 32.1. The lowest BCUT2D eigenvalue weighted by Gasteiger charge is -2.12. The molecule has 1 heterocycles. The van der Waals surface area contributed by atoms with Gasteiger partial charge in [-0.15, -0.1) is 11.3 Å². The molecule has 0 spiro atoms. The number of hydrogen-bond acceptors (Lipinski definition) is 7. The molecule has 0 saturated heterocycles. The van der Waals surface area contributed by atoms with Crippen molar-refractivity contribution in [1.29, 1.82) is 5.26 Å². The number of esters is 1. The Morgan fingerprint density at radius 2 is 2.00 bits per heavy atom. The van der Waals surface area contributed by atoms with E-state index in [-0.39, 0.29) is 12.2 Å². The second-order valence-corrected chi connectivity index (χ2v) is 8.98. The first kappa shape index (κ1) is 25.3. The van der Waals surface area contributed by atoms with Crippen LogP contribution in [0.2, 0.25) is 0 Å². The topological polar surface area (TPSA) is 97.7 Å². The molecular weight excluding hydrogens is 452 g/mol. The number of unbranched alkanes of at least 4 members (excludes halogenated alkanes) is 1. The molecule has 1 aromatic heterocycles. The Balaban J connectivity index is 1.85. The SMILES string of the molecule is CCCCOc1ccc(/C=C(\C#N)C(=O)Nc2sc3c(c2C(=O)OCC)CCCC3)cc1OC. The van der Waals surface area contributed by atoms with Crippen LogP contribution in [0.5, 0.6) is 11.5 Å². The molecule has 1 N–H and O–H groups in total. The third kappa shape index (κ3) is 5.97. The second kappa shape index (κ2) is 12.2. The molecule has 34 heavy (non-hydrogen) atoms. The summed E-state index contributed by atoms with van der Waals surface area (Å²) in [6.45, 7) is 4.67. The molecule has 1 aromatic carbocycles. The molecule has 0 unspecified atom stereocenters. The average Bonchev–Trinajstić information content (AvgIpc) is 3.21. The fourth-order valence-electron chi connectivity index (χ4n) is 3.78. The Hall–Kier alpha value is -3.31. The summed E-state index contributed by atoms with van der Waals surface area (Å²) < 4.78 is 16.4. The Labute approximate surface area is 204 Å². The standard InChI is InChI=1S/C26H30N2O5S/c1-4-6-13-33-20-12-11-17(15-21(20)31-3)14-18(16-27)24(29)28-25-23(26(30)32-5-2)19-9-7-8-10-22(19)34-25/h11-12,14-15H,4-10,13H2,1-3H3,(H,28,29)/b18-14+. The molecule has 7 nitrogen and oxygen atoms in total. The van der Waals surface area contributed by atoms with Crippen LogP contribution in [0.3, 0.4) is 0 Å². The van der Waals surface area contributed by atoms with E-state index in [0.29, 0.717) is 34.2 Å². The van der Waals surface area contributed by atoms with E-state index in [9.17, 15) is 14.9 Å². The first-order valence-corrected chi connectivity index (χ1v) is 12.4. The minimum Gasteiger partial charge on any atom is -0.493 e. The van der Waals surface area contributed by atoms with Crippen molar-refractivity contribution >= 4 is 34.3 Å². The first-order valence-electron chi connectivity index (χ1n) is 11.6. The van der Waals surface area contributed by atoms with Crippen LogP contribution in [0.4, 0.5) is 5.00 Å². The van der Waals surface area contributed by atoms with Gasteiger partial charge in [-0.3, -0.25) is 4.79 Å². The number of methoxy groups -OCH3 is 1. The Morgan fingerprint density at radius 3 is 2.71 bits per heavy atom. The number of nitrogens with zero attached hydrogens (tertiary/aromatic N) is 1. The normalized spacial score (nSPS) is 12.9. The highest BCUT2D eigenvalue weighted by molar-refractivity contribution is 7.17. The zero-order chi connectivity index (χ0) is 24.5. The van der Waals surface area contributed by atoms with Gasteiger partial charge < -0.3 is 19.5 Å². The van der Waals surface area contributed by atoms with Gasteiger partial charge in [-0.2, -0.15) is 5.26 Å². The highest BCUT2D eigenvalue weighted by Crippen LogP contribution is 2.39. The van der Waals surface area contributed by atoms with Gasteiger partial charge in [-0.1, -0.05) is 19.4 Å². The number of carbonyl (C=O) groups excluding carboxylic acids is 2. The lowest BCUT2D eigenvalue weighted by atomic mass is 9.95. The lowest BCUT2D eigenvalue weighted by Crippen LogP contribution is -2.16. The van der Waals surface area contributed by atoms with Crippen LogP contribution < -0.4 is 14.8 Å². The maximum atomic E-state index is 13.0. The van der Waals surface area contributed by atoms with Crippen molar-refractivity contribution in [3.8, 4) is 17.6 Å². The molecule has 0 saturated carbocycles. The van der Waals surface area contributed by atoms with Crippen LogP contribution in [0.1, 0.15) is 65.9 Å². The number of aryl methyl sites for hydroxylation is 1. The van der Waals surface area contributed by atoms with E-state index in [1.54, 1.807) is 32.2 Å². The van der Waals surface area contributed by atoms with E-state index in [0.717, 1.165) is 49.0 Å². The van der Waals surface area contributed by atoms with Gasteiger partial charge in [-0.05, 0) is 68.4 Å². The van der Waals surface area contributed by atoms with Crippen LogP contribution >= 0.6 is 11.3 Å². The maximum Gasteiger partial charge on any atom is 0.341 e. The molecule has 180 valence electrons. The maximum absolute atomic E-state index is 13.0. The highest BCUT2D eigenvalue weighted by Gasteiger charge is 2.27. The molecule has 1 aliphatic rings. The zero-order valence-corrected chi connectivity index (χ0v) is 20.7. The van der Waals surface area contributed by atoms with Gasteiger partial charge in [0.15, 0.2) is 11.5 Å². The van der Waals surface area contributed by atoms with Gasteiger partial charge in [0.25, 0.3) is 5.91 Å². The number of nitrogens with one attached hydrogen (secondary N) is 1. The molecule has 1 aliphatic carbocycles. The van der Waals surface area contributed by atoms with Crippen molar-refractivity contribution in [3.63, 3.8) is 0 Å². The third-order valence-corrected chi connectivity index (χ3v) is 6.70. The predicted molar refractivity (Wildman–Crippen MR) is 133 cm³/mol. The number of amides is 1. The smallest absolute Gasteiger partial charge is 0.341 e. The first-order chi connectivity index (χ1) is 16.5. The van der Waals surface area contributed by atoms with Gasteiger partial charge in [-0.25, -0.2) is 4.79 Å². The predicted octanol–water partition coefficient (Wildman–Crippen LogP) is 5.54. The lowest BCUT2D eigenvalue weighted by molar-refractivity contribution is -0.112. The van der Waals surface area contributed by atoms with E-state index < -0.39 is 11.9 Å². The van der Waals surface area contributed by atoms with Crippen LogP contribution in [0, 0.1) is 11.3 Å². The van der Waals surface area contributed by atoms with Crippen molar-refractivity contribution in [1.82, 2.24) is 0 Å². The quantitative estimate of drug-likeness (QED) is 0.207. The second-order valence-electron chi connectivity index (χ2n) is 7.87. The van der Waals surface area contributed by atoms with Crippen molar-refractivity contribution in [2.45, 2.75) is 52.4 Å². The number of fused-ring (bicyclic) bond motifs is 1. The van der Waals surface area contributed by atoms with Gasteiger partial charge >= 0.3 is 5.97 Å². The van der Waals surface area contributed by atoms with Gasteiger partial charge in [0.05, 0.1) is 25.9 Å². The van der Waals surface area contributed by atoms with Crippen molar-refractivity contribution in [2.75, 3.05) is 25.6 Å². The molecule has 8 heteroatoms. The molecule has 1 amide bonds. The van der Waals surface area contributed by atoms with E-state index >= 15 is 0 Å². The summed E-state index contributed by atoms with van der Waals surface area (Å²) in [4.78, 5) is 26.7. The minimum atomic E-state index is -0.575. The van der Waals surface area contributed by atoms with Gasteiger partial charge in [0.2, 0.25) is 0 Å². The number of anilines is 1. The molecule has 0 aliphatic heterocycles. The minimum absolute atomic E-state index is 0.0807. The largest absolute Gasteiger partial charge is 0.493 e. The van der Waals surface area contributed by atoms with E-state index in [1.165, 1.54) is 17.4 Å². The fraction of sp³-hybridized carbons (Fsp3) is 0.423. The van der Waals surface area contributed by atoms with Crippen LogP contribution in [-0.4, -0.2) is 32.2 Å². The fourth-order valence-corrected chi connectivity index (χ4v) is 5.05. The number of nitriles is 1. The van der Waals surface area contributed by atoms with Crippen molar-refractivity contribution < 1.29 is 23.8 Å². The summed E-state index contributed by atoms with van der Waals surface area (Å²) in [5.74, 6) is 0.120. The monoisotopic (exact) mass is 482 g/mol. The molecule has 0 bridgehead atoms. The van der Waals surface area contributed by atoms with Crippen LogP contribution in [0.25, 0.3) is 6.08 Å². The molecule has 0 atom stereocenters. The molecule has 0 fully saturated rings. The van der Waals surface area contributed by atoms with Gasteiger partial charge in [0, 0.05) is 4.88 Å². The van der Waals surface area contributed by atoms with Gasteiger partial charge in [0.1, 0.15) is 16.6 Å². The van der Waals surface area contributed by atoms with E-state index in [4.69, 9.17) is 14.2 Å². The Bertz CT molecular complexity index is 1110. The van der Waals surface area contributed by atoms with Crippen LogP contribution in [0.15, 0.2) is 23.8 Å². The Morgan fingerprint density at radius 1 is 1.21 bits per heavy atom. The number of rotatable bonds is 10. The molecule has 3 rings (SSSR count). The molecule has 0 radical (unpaired) electrons. The van der Waals surface area contributed by atoms with Crippen molar-refractivity contribution in [2.24, 2.45) is 0 Å². The summed E-state index contributed by atoms with van der Waals surface area (Å²) in [5.41, 5.74) is 1.92. The van der Waals surface area contributed by atoms with Crippen molar-refractivity contribution in [3.05, 3.63) is 45.3 Å². The summed E-state index contributed by atoms with van der Waals surface area (Å²) in [6.07, 6.45) is 7.14. The molecular formula is C26H30N2O5S. The number of carbonyl (C=O) groups is 2. The summed E-state index contributed by atoms with van der Waals surface area (Å²) in [7, 11) is 1.54. The number of hydrogen-bond donors (Lipinski definition) is 1. The molecule has 2 aromatic rings. The number of thiophene rings is 1. The Kier molecular flexibility index (Phi) is 9.11.